The second-order valence-electron chi connectivity index (χ2n) is 7.62. The fourth-order valence-electron chi connectivity index (χ4n) is 3.94. The van der Waals surface area contributed by atoms with Gasteiger partial charge in [0.2, 0.25) is 0 Å². The van der Waals surface area contributed by atoms with Gasteiger partial charge in [-0.3, -0.25) is 9.48 Å². The van der Waals surface area contributed by atoms with Gasteiger partial charge in [0.1, 0.15) is 5.65 Å². The summed E-state index contributed by atoms with van der Waals surface area (Å²) in [6.45, 7) is 7.46. The van der Waals surface area contributed by atoms with E-state index in [1.165, 1.54) is 13.4 Å². The third kappa shape index (κ3) is 3.95. The zero-order valence-corrected chi connectivity index (χ0v) is 19.2. The van der Waals surface area contributed by atoms with E-state index in [4.69, 9.17) is 9.15 Å². The number of aryl methyl sites for hydroxylation is 3. The van der Waals surface area contributed by atoms with Gasteiger partial charge >= 0.3 is 5.97 Å². The Morgan fingerprint density at radius 2 is 2.06 bits per heavy atom. The van der Waals surface area contributed by atoms with Crippen LogP contribution in [-0.4, -0.2) is 38.3 Å². The molecule has 10 nitrogen and oxygen atoms in total. The van der Waals surface area contributed by atoms with Gasteiger partial charge in [-0.15, -0.1) is 0 Å². The summed E-state index contributed by atoms with van der Waals surface area (Å²) >= 11 is 0. The maximum atomic E-state index is 12.7. The second-order valence-corrected chi connectivity index (χ2v) is 7.62. The summed E-state index contributed by atoms with van der Waals surface area (Å²) in [6.07, 6.45) is 3.10. The van der Waals surface area contributed by atoms with E-state index in [0.717, 1.165) is 29.2 Å². The van der Waals surface area contributed by atoms with Gasteiger partial charge in [0.25, 0.3) is 5.91 Å². The van der Waals surface area contributed by atoms with Crippen LogP contribution in [0.5, 0.6) is 0 Å². The third-order valence-electron chi connectivity index (χ3n) is 5.69. The predicted molar refractivity (Wildman–Crippen MR) is 123 cm³/mol. The maximum Gasteiger partial charge on any atom is 0.356 e. The normalized spacial score (nSPS) is 11.1. The number of furan rings is 1. The van der Waals surface area contributed by atoms with Crippen LogP contribution < -0.4 is 10.6 Å². The van der Waals surface area contributed by atoms with Crippen LogP contribution in [0.1, 0.15) is 44.9 Å². The molecule has 0 saturated carbocycles. The fraction of sp³-hybridized carbons (Fsp3) is 0.304. The summed E-state index contributed by atoms with van der Waals surface area (Å²) in [5.41, 5.74) is 4.95. The van der Waals surface area contributed by atoms with Crippen molar-refractivity contribution in [2.75, 3.05) is 17.7 Å². The van der Waals surface area contributed by atoms with Crippen LogP contribution >= 0.6 is 0 Å². The number of aromatic nitrogens is 4. The van der Waals surface area contributed by atoms with Gasteiger partial charge in [-0.05, 0) is 39.0 Å². The molecule has 0 aliphatic carbocycles. The number of amides is 1. The first-order valence-corrected chi connectivity index (χ1v) is 10.5. The molecule has 4 aromatic heterocycles. The summed E-state index contributed by atoms with van der Waals surface area (Å²) in [5.74, 6) is -0.934. The lowest BCUT2D eigenvalue weighted by molar-refractivity contribution is 0.0591. The number of carbonyl (C=O) groups is 2. The average molecular weight is 450 g/mol. The molecule has 33 heavy (non-hydrogen) atoms. The molecule has 0 aliphatic rings. The van der Waals surface area contributed by atoms with Crippen LogP contribution in [-0.2, 0) is 24.9 Å². The number of nitrogens with one attached hydrogen (secondary N) is 2. The Morgan fingerprint density at radius 3 is 2.70 bits per heavy atom. The van der Waals surface area contributed by atoms with Crippen molar-refractivity contribution in [3.63, 3.8) is 0 Å². The van der Waals surface area contributed by atoms with Crippen LogP contribution in [0.25, 0.3) is 11.0 Å². The molecule has 4 aromatic rings. The predicted octanol–water partition coefficient (Wildman–Crippen LogP) is 3.65. The smallest absolute Gasteiger partial charge is 0.356 e. The standard InChI is InChI=1S/C23H26N6O4/c1-6-29-14(3)17(13(2)27-29)12-24-15-10-16-19(26-22(30)18-8-7-9-33-18)20(23(31)32-5)28(4)21(16)25-11-15/h7-11,24H,6,12H2,1-5H3,(H,26,30). The molecule has 0 aliphatic heterocycles. The number of carbonyl (C=O) groups excluding carboxylic acids is 2. The molecule has 1 amide bonds. The van der Waals surface area contributed by atoms with Gasteiger partial charge in [0.05, 0.1) is 36.6 Å². The molecule has 0 radical (unpaired) electrons. The van der Waals surface area contributed by atoms with Gasteiger partial charge in [-0.2, -0.15) is 5.10 Å². The van der Waals surface area contributed by atoms with E-state index in [1.807, 2.05) is 24.6 Å². The van der Waals surface area contributed by atoms with Crippen molar-refractivity contribution >= 4 is 34.3 Å². The van der Waals surface area contributed by atoms with E-state index in [9.17, 15) is 9.59 Å². The van der Waals surface area contributed by atoms with Gasteiger partial charge in [-0.25, -0.2) is 9.78 Å². The Kier molecular flexibility index (Phi) is 5.91. The van der Waals surface area contributed by atoms with Crippen molar-refractivity contribution in [1.82, 2.24) is 19.3 Å². The summed E-state index contributed by atoms with van der Waals surface area (Å²) in [6, 6.07) is 5.01. The number of rotatable bonds is 7. The molecule has 0 spiro atoms. The molecular formula is C23H26N6O4. The molecular weight excluding hydrogens is 424 g/mol. The molecule has 0 saturated heterocycles. The molecule has 4 rings (SSSR count). The van der Waals surface area contributed by atoms with Crippen molar-refractivity contribution in [1.29, 1.82) is 0 Å². The van der Waals surface area contributed by atoms with Crippen LogP contribution in [0.15, 0.2) is 35.1 Å². The van der Waals surface area contributed by atoms with E-state index in [-0.39, 0.29) is 11.5 Å². The summed E-state index contributed by atoms with van der Waals surface area (Å²) in [7, 11) is 2.99. The molecule has 0 atom stereocenters. The van der Waals surface area contributed by atoms with Crippen molar-refractivity contribution < 1.29 is 18.7 Å². The first-order chi connectivity index (χ1) is 15.8. The summed E-state index contributed by atoms with van der Waals surface area (Å²) in [4.78, 5) is 29.7. The number of nitrogens with zero attached hydrogens (tertiary/aromatic N) is 4. The van der Waals surface area contributed by atoms with Gasteiger partial charge in [0, 0.05) is 36.8 Å². The lowest BCUT2D eigenvalue weighted by atomic mass is 10.2. The summed E-state index contributed by atoms with van der Waals surface area (Å²) in [5, 5.41) is 11.3. The molecule has 0 bridgehead atoms. The van der Waals surface area contributed by atoms with E-state index in [1.54, 1.807) is 29.9 Å². The maximum absolute atomic E-state index is 12.7. The van der Waals surface area contributed by atoms with Gasteiger partial charge < -0.3 is 24.4 Å². The first-order valence-electron chi connectivity index (χ1n) is 10.5. The highest BCUT2D eigenvalue weighted by Gasteiger charge is 2.25. The molecule has 2 N–H and O–H groups in total. The Bertz CT molecular complexity index is 1330. The quantitative estimate of drug-likeness (QED) is 0.413. The van der Waals surface area contributed by atoms with E-state index in [2.05, 4.69) is 27.6 Å². The third-order valence-corrected chi connectivity index (χ3v) is 5.69. The van der Waals surface area contributed by atoms with E-state index >= 15 is 0 Å². The molecule has 0 fully saturated rings. The molecule has 4 heterocycles. The van der Waals surface area contributed by atoms with Gasteiger partial charge in [0.15, 0.2) is 11.5 Å². The molecule has 0 unspecified atom stereocenters. The SMILES string of the molecule is CCn1nc(C)c(CNc2cnc3c(c2)c(NC(=O)c2ccco2)c(C(=O)OC)n3C)c1C. The number of esters is 1. The number of ether oxygens (including phenoxy) is 1. The number of anilines is 2. The van der Waals surface area contributed by atoms with E-state index in [0.29, 0.717) is 23.3 Å². The van der Waals surface area contributed by atoms with Crippen LogP contribution in [0, 0.1) is 13.8 Å². The van der Waals surface area contributed by atoms with E-state index < -0.39 is 11.9 Å². The van der Waals surface area contributed by atoms with Crippen LogP contribution in [0.3, 0.4) is 0 Å². The topological polar surface area (TPSA) is 116 Å². The Labute approximate surface area is 190 Å². The Balaban J connectivity index is 1.72. The zero-order chi connectivity index (χ0) is 23.7. The Morgan fingerprint density at radius 1 is 1.27 bits per heavy atom. The number of hydrogen-bond acceptors (Lipinski definition) is 7. The highest BCUT2D eigenvalue weighted by atomic mass is 16.5. The second kappa shape index (κ2) is 8.81. The van der Waals surface area contributed by atoms with Crippen molar-refractivity contribution in [2.45, 2.75) is 33.9 Å². The molecule has 172 valence electrons. The number of hydrogen-bond donors (Lipinski definition) is 2. The first kappa shape index (κ1) is 22.1. The monoisotopic (exact) mass is 450 g/mol. The van der Waals surface area contributed by atoms with Crippen molar-refractivity contribution in [2.24, 2.45) is 7.05 Å². The zero-order valence-electron chi connectivity index (χ0n) is 19.2. The highest BCUT2D eigenvalue weighted by Crippen LogP contribution is 2.32. The minimum atomic E-state index is -0.585. The minimum absolute atomic E-state index is 0.129. The number of pyridine rings is 1. The number of methoxy groups -OCH3 is 1. The van der Waals surface area contributed by atoms with Crippen LogP contribution in [0.4, 0.5) is 11.4 Å². The molecule has 0 aromatic carbocycles. The molecule has 10 heteroatoms. The number of fused-ring (bicyclic) bond motifs is 1. The summed E-state index contributed by atoms with van der Waals surface area (Å²) < 4.78 is 13.7. The largest absolute Gasteiger partial charge is 0.464 e. The highest BCUT2D eigenvalue weighted by molar-refractivity contribution is 6.14. The lowest BCUT2D eigenvalue weighted by Gasteiger charge is -2.08. The van der Waals surface area contributed by atoms with Crippen LogP contribution in [0.2, 0.25) is 0 Å². The van der Waals surface area contributed by atoms with Crippen molar-refractivity contribution in [3.05, 3.63) is 59.1 Å². The van der Waals surface area contributed by atoms with Gasteiger partial charge in [-0.1, -0.05) is 0 Å². The minimum Gasteiger partial charge on any atom is -0.464 e. The average Bonchev–Trinajstić information content (AvgIpc) is 3.51. The lowest BCUT2D eigenvalue weighted by Crippen LogP contribution is -2.16. The van der Waals surface area contributed by atoms with Crippen molar-refractivity contribution in [3.8, 4) is 0 Å². The fourth-order valence-corrected chi connectivity index (χ4v) is 3.94. The Hall–Kier alpha value is -4.08.